The largest absolute Gasteiger partial charge is 0.511 e. The average Bonchev–Trinajstić information content (AvgIpc) is 3.65. The number of carboxylic acid groups (broad SMARTS) is 2. The second-order valence-electron chi connectivity index (χ2n) is 11.2. The van der Waals surface area contributed by atoms with Crippen LogP contribution in [0.25, 0.3) is 0 Å². The molecular weight excluding hydrogens is 520 g/mol. The lowest BCUT2D eigenvalue weighted by atomic mass is 9.86. The Morgan fingerprint density at radius 3 is 2.37 bits per heavy atom. The van der Waals surface area contributed by atoms with E-state index in [0.717, 1.165) is 51.4 Å². The normalized spacial score (nSPS) is 25.0. The van der Waals surface area contributed by atoms with Crippen LogP contribution in [0.5, 0.6) is 0 Å². The van der Waals surface area contributed by atoms with Crippen LogP contribution in [-0.2, 0) is 9.59 Å². The predicted octanol–water partition coefficient (Wildman–Crippen LogP) is 5.61. The molecule has 1 aliphatic carbocycles. The van der Waals surface area contributed by atoms with Crippen molar-refractivity contribution in [3.05, 3.63) is 91.5 Å². The minimum absolute atomic E-state index is 0.00433. The summed E-state index contributed by atoms with van der Waals surface area (Å²) in [6.07, 6.45) is 6.98. The SMILES string of the molecule is CCC1=C(C)C2=NC1=CC1=C(C)C3=C(O)CC(=C4NC(=CC5=NC(=C2)C(C(=O)O)=C5C)[C@@H](C)[C@@H]4CCC(=O)O)C3=N1. The van der Waals surface area contributed by atoms with Crippen LogP contribution >= 0.6 is 0 Å². The number of allylic oxidation sites excluding steroid dienone is 11. The Morgan fingerprint density at radius 1 is 0.976 bits per heavy atom. The van der Waals surface area contributed by atoms with Crippen LogP contribution in [-0.4, -0.2) is 44.4 Å². The van der Waals surface area contributed by atoms with Crippen molar-refractivity contribution in [1.29, 1.82) is 0 Å². The molecule has 0 aromatic heterocycles. The molecule has 8 bridgehead atoms. The Balaban J connectivity index is 1.62. The zero-order chi connectivity index (χ0) is 29.3. The van der Waals surface area contributed by atoms with Crippen molar-refractivity contribution in [1.82, 2.24) is 5.32 Å². The van der Waals surface area contributed by atoms with Crippen LogP contribution in [0.2, 0.25) is 0 Å². The molecule has 9 nitrogen and oxygen atoms in total. The van der Waals surface area contributed by atoms with Crippen molar-refractivity contribution >= 4 is 29.1 Å². The topological polar surface area (TPSA) is 144 Å². The van der Waals surface area contributed by atoms with Gasteiger partial charge in [0.05, 0.1) is 39.8 Å². The number of rotatable bonds is 5. The molecule has 0 amide bonds. The van der Waals surface area contributed by atoms with E-state index in [1.165, 1.54) is 0 Å². The van der Waals surface area contributed by atoms with Crippen molar-refractivity contribution in [2.75, 3.05) is 0 Å². The van der Waals surface area contributed by atoms with Gasteiger partial charge in [0.25, 0.3) is 0 Å². The van der Waals surface area contributed by atoms with Crippen molar-refractivity contribution in [2.45, 2.75) is 60.3 Å². The number of carboxylic acids is 2. The van der Waals surface area contributed by atoms with Gasteiger partial charge in [-0.1, -0.05) is 13.8 Å². The number of aliphatic imine (C=N–C) groups is 3. The quantitative estimate of drug-likeness (QED) is 0.349. The molecule has 41 heavy (non-hydrogen) atoms. The van der Waals surface area contributed by atoms with Gasteiger partial charge in [-0.2, -0.15) is 0 Å². The van der Waals surface area contributed by atoms with Gasteiger partial charge in [0.1, 0.15) is 5.76 Å². The highest BCUT2D eigenvalue weighted by molar-refractivity contribution is 6.22. The first kappa shape index (κ1) is 26.7. The molecule has 0 unspecified atom stereocenters. The Kier molecular flexibility index (Phi) is 6.21. The summed E-state index contributed by atoms with van der Waals surface area (Å²) in [5.41, 5.74) is 10.5. The lowest BCUT2D eigenvalue weighted by Crippen LogP contribution is -2.15. The Labute approximate surface area is 237 Å². The summed E-state index contributed by atoms with van der Waals surface area (Å²) in [5, 5.41) is 34.2. The van der Waals surface area contributed by atoms with Crippen LogP contribution in [0.15, 0.2) is 106 Å². The standard InChI is InChI=1S/C32H32N4O5/c1-6-17-13(2)20-12-25-28(32(40)41)15(4)22(34-25)10-21-14(3)18(7-8-27(38)39)30(35-21)19-9-26(37)29-16(5)23(36-31(19)29)11-24(17)33-20/h10-12,14,18,35,37H,6-9H2,1-5H3,(H,38,39)(H,40,41)/t14-,18-/m0/s1. The molecule has 0 aromatic carbocycles. The highest BCUT2D eigenvalue weighted by Gasteiger charge is 2.41. The fourth-order valence-corrected chi connectivity index (χ4v) is 6.65. The molecular formula is C32H32N4O5. The second kappa shape index (κ2) is 9.54. The summed E-state index contributed by atoms with van der Waals surface area (Å²) in [4.78, 5) is 38.6. The predicted molar refractivity (Wildman–Crippen MR) is 157 cm³/mol. The van der Waals surface area contributed by atoms with E-state index in [9.17, 15) is 24.9 Å². The lowest BCUT2D eigenvalue weighted by Gasteiger charge is -2.17. The summed E-state index contributed by atoms with van der Waals surface area (Å²) >= 11 is 0. The van der Waals surface area contributed by atoms with E-state index < -0.39 is 11.9 Å². The van der Waals surface area contributed by atoms with Gasteiger partial charge in [-0.25, -0.2) is 19.8 Å². The summed E-state index contributed by atoms with van der Waals surface area (Å²) < 4.78 is 0. The van der Waals surface area contributed by atoms with E-state index in [1.807, 2.05) is 32.9 Å². The van der Waals surface area contributed by atoms with Crippen molar-refractivity contribution in [3.63, 3.8) is 0 Å². The average molecular weight is 553 g/mol. The number of nitrogens with zero attached hydrogens (tertiary/aromatic N) is 3. The molecule has 0 aromatic rings. The van der Waals surface area contributed by atoms with Gasteiger partial charge >= 0.3 is 11.9 Å². The van der Waals surface area contributed by atoms with E-state index in [4.69, 9.17) is 15.0 Å². The molecule has 0 spiro atoms. The van der Waals surface area contributed by atoms with Crippen molar-refractivity contribution in [2.24, 2.45) is 26.8 Å². The number of hydrogen-bond acceptors (Lipinski definition) is 7. The van der Waals surface area contributed by atoms with Crippen LogP contribution in [0.3, 0.4) is 0 Å². The summed E-state index contributed by atoms with van der Waals surface area (Å²) in [7, 11) is 0. The third-order valence-electron chi connectivity index (χ3n) is 8.93. The number of fused-ring (bicyclic) bond motifs is 5. The molecule has 5 heterocycles. The fraction of sp³-hybridized carbons (Fsp3) is 0.344. The molecule has 0 radical (unpaired) electrons. The maximum atomic E-state index is 12.4. The maximum absolute atomic E-state index is 12.4. The number of aliphatic carboxylic acids is 2. The monoisotopic (exact) mass is 552 g/mol. The zero-order valence-electron chi connectivity index (χ0n) is 23.7. The van der Waals surface area contributed by atoms with Gasteiger partial charge in [0, 0.05) is 47.2 Å². The Hall–Kier alpha value is -4.53. The first-order valence-corrected chi connectivity index (χ1v) is 13.9. The molecule has 6 aliphatic rings. The van der Waals surface area contributed by atoms with Crippen LogP contribution in [0.4, 0.5) is 0 Å². The molecule has 5 aliphatic heterocycles. The fourth-order valence-electron chi connectivity index (χ4n) is 6.65. The number of hydrogen-bond donors (Lipinski definition) is 4. The second-order valence-corrected chi connectivity index (χ2v) is 11.2. The number of carbonyl (C=O) groups is 2. The van der Waals surface area contributed by atoms with Gasteiger partial charge in [-0.05, 0) is 74.1 Å². The van der Waals surface area contributed by atoms with Crippen LogP contribution < -0.4 is 5.32 Å². The van der Waals surface area contributed by atoms with E-state index in [-0.39, 0.29) is 29.6 Å². The number of nitrogens with one attached hydrogen (secondary N) is 1. The van der Waals surface area contributed by atoms with Crippen molar-refractivity contribution < 1.29 is 24.9 Å². The summed E-state index contributed by atoms with van der Waals surface area (Å²) in [5.74, 6) is -1.93. The molecule has 1 saturated heterocycles. The Bertz CT molecular complexity index is 1710. The highest BCUT2D eigenvalue weighted by atomic mass is 16.4. The lowest BCUT2D eigenvalue weighted by molar-refractivity contribution is -0.137. The van der Waals surface area contributed by atoms with E-state index in [0.29, 0.717) is 46.9 Å². The third-order valence-corrected chi connectivity index (χ3v) is 8.93. The van der Waals surface area contributed by atoms with Gasteiger partial charge in [0.2, 0.25) is 0 Å². The minimum atomic E-state index is -1.06. The molecule has 1 fully saturated rings. The molecule has 6 rings (SSSR count). The molecule has 210 valence electrons. The minimum Gasteiger partial charge on any atom is -0.511 e. The van der Waals surface area contributed by atoms with Gasteiger partial charge in [-0.15, -0.1) is 0 Å². The van der Waals surface area contributed by atoms with Crippen LogP contribution in [0, 0.1) is 11.8 Å². The molecule has 4 N–H and O–H groups in total. The molecule has 9 heteroatoms. The van der Waals surface area contributed by atoms with Gasteiger partial charge < -0.3 is 20.6 Å². The Morgan fingerprint density at radius 2 is 1.68 bits per heavy atom. The summed E-state index contributed by atoms with van der Waals surface area (Å²) in [6.45, 7) is 9.77. The first-order chi connectivity index (χ1) is 19.5. The van der Waals surface area contributed by atoms with Gasteiger partial charge in [0.15, 0.2) is 0 Å². The van der Waals surface area contributed by atoms with Gasteiger partial charge in [-0.3, -0.25) is 4.79 Å². The van der Waals surface area contributed by atoms with Crippen LogP contribution in [0.1, 0.15) is 60.3 Å². The maximum Gasteiger partial charge on any atom is 0.338 e. The van der Waals surface area contributed by atoms with E-state index in [1.54, 1.807) is 13.0 Å². The smallest absolute Gasteiger partial charge is 0.338 e. The van der Waals surface area contributed by atoms with E-state index in [2.05, 4.69) is 12.2 Å². The third kappa shape index (κ3) is 4.10. The number of aliphatic hydroxyl groups excluding tert-OH is 1. The van der Waals surface area contributed by atoms with E-state index >= 15 is 0 Å². The zero-order valence-corrected chi connectivity index (χ0v) is 23.7. The molecule has 0 saturated carbocycles. The summed E-state index contributed by atoms with van der Waals surface area (Å²) in [6, 6.07) is 0. The molecule has 2 atom stereocenters. The number of aliphatic hydroxyl groups is 1. The van der Waals surface area contributed by atoms with Crippen molar-refractivity contribution in [3.8, 4) is 0 Å². The first-order valence-electron chi connectivity index (χ1n) is 13.9. The highest BCUT2D eigenvalue weighted by Crippen LogP contribution is 2.46.